The van der Waals surface area contributed by atoms with E-state index in [2.05, 4.69) is 5.32 Å². The quantitative estimate of drug-likeness (QED) is 0.759. The van der Waals surface area contributed by atoms with Crippen LogP contribution in [0, 0.1) is 0 Å². The van der Waals surface area contributed by atoms with Gasteiger partial charge in [-0.1, -0.05) is 11.6 Å². The van der Waals surface area contributed by atoms with Crippen molar-refractivity contribution in [2.75, 3.05) is 12.4 Å². The monoisotopic (exact) mass is 385 g/mol. The van der Waals surface area contributed by atoms with Crippen molar-refractivity contribution in [1.82, 2.24) is 0 Å². The van der Waals surface area contributed by atoms with Gasteiger partial charge in [0.1, 0.15) is 16.8 Å². The highest BCUT2D eigenvalue weighted by Crippen LogP contribution is 2.27. The van der Waals surface area contributed by atoms with Crippen LogP contribution in [0.15, 0.2) is 34.7 Å². The number of hydrogen-bond acceptors (Lipinski definition) is 5. The second kappa shape index (κ2) is 8.17. The summed E-state index contributed by atoms with van der Waals surface area (Å²) < 4.78 is 22.4. The van der Waals surface area contributed by atoms with E-state index in [-0.39, 0.29) is 17.3 Å². The Kier molecular flexibility index (Phi) is 6.22. The number of furan rings is 1. The molecule has 2 N–H and O–H groups in total. The van der Waals surface area contributed by atoms with Crippen molar-refractivity contribution < 1.29 is 28.1 Å². The van der Waals surface area contributed by atoms with E-state index in [0.717, 1.165) is 0 Å². The van der Waals surface area contributed by atoms with Gasteiger partial charge in [-0.15, -0.1) is 0 Å². The van der Waals surface area contributed by atoms with E-state index in [0.29, 0.717) is 16.5 Å². The van der Waals surface area contributed by atoms with Crippen LogP contribution in [0.5, 0.6) is 5.75 Å². The Morgan fingerprint density at radius 1 is 1.36 bits per heavy atom. The zero-order valence-electron chi connectivity index (χ0n) is 13.4. The molecule has 0 fully saturated rings. The van der Waals surface area contributed by atoms with Gasteiger partial charge in [-0.2, -0.15) is 0 Å². The summed E-state index contributed by atoms with van der Waals surface area (Å²) in [6.45, 7) is 1.51. The Labute approximate surface area is 151 Å². The Bertz CT molecular complexity index is 819. The van der Waals surface area contributed by atoms with Crippen LogP contribution >= 0.6 is 11.6 Å². The third-order valence-electron chi connectivity index (χ3n) is 3.34. The van der Waals surface area contributed by atoms with Crippen LogP contribution in [0.25, 0.3) is 0 Å². The highest BCUT2D eigenvalue weighted by molar-refractivity contribution is 7.85. The Hall–Kier alpha value is -2.32. The van der Waals surface area contributed by atoms with Crippen LogP contribution in [0.4, 0.5) is 5.69 Å². The summed E-state index contributed by atoms with van der Waals surface area (Å²) in [5, 5.41) is 10.9. The molecule has 0 saturated carbocycles. The van der Waals surface area contributed by atoms with Gasteiger partial charge in [0.25, 0.3) is 0 Å². The van der Waals surface area contributed by atoms with Crippen LogP contribution in [-0.4, -0.2) is 33.6 Å². The molecule has 2 rings (SSSR count). The molecular weight excluding hydrogens is 370 g/mol. The molecule has 0 aliphatic rings. The number of hydrogen-bond donors (Lipinski definition) is 2. The average molecular weight is 386 g/mol. The predicted octanol–water partition coefficient (Wildman–Crippen LogP) is 2.92. The van der Waals surface area contributed by atoms with Crippen LogP contribution < -0.4 is 10.1 Å². The van der Waals surface area contributed by atoms with E-state index in [1.54, 1.807) is 12.1 Å². The van der Waals surface area contributed by atoms with E-state index < -0.39 is 27.9 Å². The molecule has 25 heavy (non-hydrogen) atoms. The first-order chi connectivity index (χ1) is 11.8. The molecule has 2 atom stereocenters. The predicted molar refractivity (Wildman–Crippen MR) is 93.6 cm³/mol. The summed E-state index contributed by atoms with van der Waals surface area (Å²) in [6.07, 6.45) is 0. The van der Waals surface area contributed by atoms with Crippen molar-refractivity contribution in [3.8, 4) is 5.75 Å². The fourth-order valence-electron chi connectivity index (χ4n) is 1.94. The number of nitrogens with one attached hydrogen (secondary N) is 1. The molecule has 0 radical (unpaired) electrons. The number of anilines is 1. The second-order valence-corrected chi connectivity index (χ2v) is 7.24. The third kappa shape index (κ3) is 4.83. The van der Waals surface area contributed by atoms with Crippen molar-refractivity contribution >= 4 is 40.0 Å². The summed E-state index contributed by atoms with van der Waals surface area (Å²) in [4.78, 5) is 23.0. The minimum absolute atomic E-state index is 0.0643. The maximum Gasteiger partial charge on any atom is 0.371 e. The lowest BCUT2D eigenvalue weighted by Gasteiger charge is -2.12. The molecule has 0 spiro atoms. The minimum Gasteiger partial charge on any atom is -0.495 e. The van der Waals surface area contributed by atoms with Crippen LogP contribution in [0.2, 0.25) is 5.02 Å². The molecular formula is C16H16ClNO6S. The van der Waals surface area contributed by atoms with Gasteiger partial charge < -0.3 is 19.6 Å². The van der Waals surface area contributed by atoms with Gasteiger partial charge in [0.2, 0.25) is 11.7 Å². The van der Waals surface area contributed by atoms with Gasteiger partial charge in [0.15, 0.2) is 0 Å². The van der Waals surface area contributed by atoms with Crippen molar-refractivity contribution in [1.29, 1.82) is 0 Å². The molecule has 1 heterocycles. The second-order valence-electron chi connectivity index (χ2n) is 5.08. The van der Waals surface area contributed by atoms with Gasteiger partial charge in [0, 0.05) is 16.5 Å². The fourth-order valence-corrected chi connectivity index (χ4v) is 3.18. The van der Waals surface area contributed by atoms with Crippen LogP contribution in [0.3, 0.4) is 0 Å². The maximum atomic E-state index is 12.3. The number of rotatable bonds is 7. The summed E-state index contributed by atoms with van der Waals surface area (Å²) >= 11 is 5.99. The zero-order chi connectivity index (χ0) is 18.6. The van der Waals surface area contributed by atoms with E-state index in [9.17, 15) is 13.8 Å². The topological polar surface area (TPSA) is 106 Å². The number of benzene rings is 1. The molecule has 0 aliphatic carbocycles. The van der Waals surface area contributed by atoms with Crippen LogP contribution in [0.1, 0.15) is 23.2 Å². The fraction of sp³-hybridized carbons (Fsp3) is 0.250. The first-order valence-electron chi connectivity index (χ1n) is 7.15. The van der Waals surface area contributed by atoms with Crippen LogP contribution in [-0.2, 0) is 21.3 Å². The number of carboxylic acids is 1. The van der Waals surface area contributed by atoms with E-state index in [1.165, 1.54) is 32.2 Å². The van der Waals surface area contributed by atoms with Crippen molar-refractivity contribution in [3.63, 3.8) is 0 Å². The SMILES string of the molecule is COc1ccc(NC(=O)C(C)S(=O)Cc2ccc(C(=O)O)o2)cc1Cl. The molecule has 0 aliphatic heterocycles. The molecule has 9 heteroatoms. The van der Waals surface area contributed by atoms with Gasteiger partial charge in [-0.3, -0.25) is 9.00 Å². The Balaban J connectivity index is 1.99. The first-order valence-corrected chi connectivity index (χ1v) is 8.91. The smallest absolute Gasteiger partial charge is 0.371 e. The molecule has 134 valence electrons. The van der Waals surface area contributed by atoms with Crippen molar-refractivity contribution in [2.45, 2.75) is 17.9 Å². The third-order valence-corrected chi connectivity index (χ3v) is 5.21. The number of carboxylic acid groups (broad SMARTS) is 1. The minimum atomic E-state index is -1.59. The van der Waals surface area contributed by atoms with E-state index in [4.69, 9.17) is 25.9 Å². The first kappa shape index (κ1) is 19.0. The van der Waals surface area contributed by atoms with E-state index in [1.807, 2.05) is 0 Å². The lowest BCUT2D eigenvalue weighted by molar-refractivity contribution is -0.115. The maximum absolute atomic E-state index is 12.3. The van der Waals surface area contributed by atoms with Crippen molar-refractivity contribution in [2.24, 2.45) is 0 Å². The molecule has 1 amide bonds. The normalized spacial score (nSPS) is 13.1. The number of methoxy groups -OCH3 is 1. The van der Waals surface area contributed by atoms with Gasteiger partial charge in [-0.25, -0.2) is 4.79 Å². The summed E-state index contributed by atoms with van der Waals surface area (Å²) in [7, 11) is -0.106. The lowest BCUT2D eigenvalue weighted by Crippen LogP contribution is -2.29. The van der Waals surface area contributed by atoms with E-state index >= 15 is 0 Å². The number of ether oxygens (including phenoxy) is 1. The largest absolute Gasteiger partial charge is 0.495 e. The molecule has 0 saturated heterocycles. The lowest BCUT2D eigenvalue weighted by atomic mass is 10.3. The van der Waals surface area contributed by atoms with Crippen molar-refractivity contribution in [3.05, 3.63) is 46.9 Å². The number of aromatic carboxylic acids is 1. The molecule has 1 aromatic carbocycles. The Morgan fingerprint density at radius 2 is 2.08 bits per heavy atom. The Morgan fingerprint density at radius 3 is 2.64 bits per heavy atom. The number of carbonyl (C=O) groups is 2. The van der Waals surface area contributed by atoms with Gasteiger partial charge >= 0.3 is 5.97 Å². The average Bonchev–Trinajstić information content (AvgIpc) is 3.03. The summed E-state index contributed by atoms with van der Waals surface area (Å²) in [5.41, 5.74) is 0.450. The standard InChI is InChI=1S/C16H16ClNO6S/c1-9(25(22)8-11-4-6-14(24-11)16(20)21)15(19)18-10-3-5-13(23-2)12(17)7-10/h3-7,9H,8H2,1-2H3,(H,18,19)(H,20,21). The highest BCUT2D eigenvalue weighted by atomic mass is 35.5. The summed E-state index contributed by atoms with van der Waals surface area (Å²) in [6, 6.07) is 7.45. The molecule has 0 bridgehead atoms. The number of carbonyl (C=O) groups excluding carboxylic acids is 1. The van der Waals surface area contributed by atoms with Gasteiger partial charge in [0.05, 0.1) is 17.9 Å². The molecule has 1 aromatic heterocycles. The zero-order valence-corrected chi connectivity index (χ0v) is 15.0. The summed E-state index contributed by atoms with van der Waals surface area (Å²) in [5.74, 6) is -1.25. The molecule has 7 nitrogen and oxygen atoms in total. The molecule has 2 aromatic rings. The highest BCUT2D eigenvalue weighted by Gasteiger charge is 2.22. The number of amides is 1. The van der Waals surface area contributed by atoms with Gasteiger partial charge in [-0.05, 0) is 37.3 Å². The number of halogens is 1. The molecule has 2 unspecified atom stereocenters.